The van der Waals surface area contributed by atoms with Crippen LogP contribution in [0.3, 0.4) is 0 Å². The van der Waals surface area contributed by atoms with Gasteiger partial charge < -0.3 is 16.0 Å². The Morgan fingerprint density at radius 1 is 0.483 bits per heavy atom. The topological polar surface area (TPSA) is 74.8 Å². The van der Waals surface area contributed by atoms with Gasteiger partial charge in [0.15, 0.2) is 0 Å². The molecule has 29 heavy (non-hydrogen) atoms. The SMILES string of the molecule is Cc1ccccc1Nc1nc(Nc2ccccc2)nc(Nc2ccccc2C)n1. The van der Waals surface area contributed by atoms with Crippen LogP contribution in [0.4, 0.5) is 34.9 Å². The monoisotopic (exact) mass is 382 g/mol. The first-order valence-electron chi connectivity index (χ1n) is 9.41. The van der Waals surface area contributed by atoms with Gasteiger partial charge in [-0.25, -0.2) is 0 Å². The van der Waals surface area contributed by atoms with Crippen LogP contribution in [-0.4, -0.2) is 15.0 Å². The number of benzene rings is 3. The van der Waals surface area contributed by atoms with Gasteiger partial charge in [0.25, 0.3) is 0 Å². The van der Waals surface area contributed by atoms with E-state index >= 15 is 0 Å². The summed E-state index contributed by atoms with van der Waals surface area (Å²) in [5.74, 6) is 1.38. The molecule has 3 N–H and O–H groups in total. The molecule has 0 unspecified atom stereocenters. The van der Waals surface area contributed by atoms with Crippen molar-refractivity contribution < 1.29 is 0 Å². The van der Waals surface area contributed by atoms with Crippen LogP contribution in [0.2, 0.25) is 0 Å². The maximum absolute atomic E-state index is 4.56. The number of anilines is 6. The summed E-state index contributed by atoms with van der Waals surface area (Å²) >= 11 is 0. The van der Waals surface area contributed by atoms with Crippen LogP contribution >= 0.6 is 0 Å². The second kappa shape index (κ2) is 8.39. The van der Waals surface area contributed by atoms with Gasteiger partial charge in [0.2, 0.25) is 17.8 Å². The molecular formula is C23H22N6. The number of nitrogens with zero attached hydrogens (tertiary/aromatic N) is 3. The Hall–Kier alpha value is -3.93. The van der Waals surface area contributed by atoms with E-state index in [4.69, 9.17) is 0 Å². The summed E-state index contributed by atoms with van der Waals surface area (Å²) in [6.07, 6.45) is 0. The number of hydrogen-bond acceptors (Lipinski definition) is 6. The Kier molecular flexibility index (Phi) is 5.33. The third-order valence-electron chi connectivity index (χ3n) is 4.45. The maximum atomic E-state index is 4.56. The number of aromatic nitrogens is 3. The highest BCUT2D eigenvalue weighted by Gasteiger charge is 2.10. The van der Waals surface area contributed by atoms with Crippen molar-refractivity contribution in [2.45, 2.75) is 13.8 Å². The molecule has 0 aliphatic heterocycles. The highest BCUT2D eigenvalue weighted by molar-refractivity contribution is 5.64. The van der Waals surface area contributed by atoms with Crippen LogP contribution in [0.1, 0.15) is 11.1 Å². The smallest absolute Gasteiger partial charge is 0.233 e. The first-order valence-corrected chi connectivity index (χ1v) is 9.41. The summed E-state index contributed by atoms with van der Waals surface area (Å²) in [6.45, 7) is 4.08. The van der Waals surface area contributed by atoms with Gasteiger partial charge in [-0.15, -0.1) is 0 Å². The van der Waals surface area contributed by atoms with E-state index in [1.54, 1.807) is 0 Å². The van der Waals surface area contributed by atoms with Crippen LogP contribution in [-0.2, 0) is 0 Å². The lowest BCUT2D eigenvalue weighted by Crippen LogP contribution is -2.08. The van der Waals surface area contributed by atoms with Gasteiger partial charge in [-0.2, -0.15) is 15.0 Å². The minimum atomic E-state index is 0.457. The first-order chi connectivity index (χ1) is 14.2. The molecule has 144 valence electrons. The third kappa shape index (κ3) is 4.68. The summed E-state index contributed by atoms with van der Waals surface area (Å²) in [5.41, 5.74) is 5.03. The number of hydrogen-bond donors (Lipinski definition) is 3. The molecule has 4 rings (SSSR count). The van der Waals surface area contributed by atoms with E-state index < -0.39 is 0 Å². The molecule has 4 aromatic rings. The molecule has 6 nitrogen and oxygen atoms in total. The fraction of sp³-hybridized carbons (Fsp3) is 0.0870. The van der Waals surface area contributed by atoms with Crippen LogP contribution < -0.4 is 16.0 Å². The Labute approximate surface area is 170 Å². The normalized spacial score (nSPS) is 10.4. The molecule has 0 fully saturated rings. The van der Waals surface area contributed by atoms with E-state index in [1.165, 1.54) is 0 Å². The molecule has 0 radical (unpaired) electrons. The van der Waals surface area contributed by atoms with E-state index in [0.29, 0.717) is 17.8 Å². The number of para-hydroxylation sites is 3. The van der Waals surface area contributed by atoms with E-state index in [9.17, 15) is 0 Å². The summed E-state index contributed by atoms with van der Waals surface area (Å²) < 4.78 is 0. The van der Waals surface area contributed by atoms with Crippen molar-refractivity contribution in [3.05, 3.63) is 90.0 Å². The Bertz CT molecular complexity index is 1050. The average Bonchev–Trinajstić information content (AvgIpc) is 2.72. The summed E-state index contributed by atoms with van der Waals surface area (Å²) in [5, 5.41) is 9.84. The van der Waals surface area contributed by atoms with Crippen molar-refractivity contribution in [1.29, 1.82) is 0 Å². The average molecular weight is 382 g/mol. The van der Waals surface area contributed by atoms with Crippen molar-refractivity contribution in [2.75, 3.05) is 16.0 Å². The molecule has 0 atom stereocenters. The molecule has 0 aliphatic carbocycles. The van der Waals surface area contributed by atoms with Gasteiger partial charge in [0.05, 0.1) is 0 Å². The standard InChI is InChI=1S/C23H22N6/c1-16-10-6-8-14-19(16)25-22-27-21(24-18-12-4-3-5-13-18)28-23(29-22)26-20-15-9-7-11-17(20)2/h3-15H,1-2H3,(H3,24,25,26,27,28,29). The molecule has 0 spiro atoms. The van der Waals surface area contributed by atoms with Gasteiger partial charge in [-0.3, -0.25) is 0 Å². The molecule has 6 heteroatoms. The van der Waals surface area contributed by atoms with Crippen molar-refractivity contribution in [1.82, 2.24) is 15.0 Å². The second-order valence-electron chi connectivity index (χ2n) is 6.68. The Morgan fingerprint density at radius 2 is 0.897 bits per heavy atom. The minimum absolute atomic E-state index is 0.457. The van der Waals surface area contributed by atoms with Gasteiger partial charge >= 0.3 is 0 Å². The fourth-order valence-corrected chi connectivity index (χ4v) is 2.86. The van der Waals surface area contributed by atoms with Gasteiger partial charge in [-0.1, -0.05) is 54.6 Å². The van der Waals surface area contributed by atoms with E-state index in [-0.39, 0.29) is 0 Å². The Balaban J connectivity index is 1.68. The zero-order valence-electron chi connectivity index (χ0n) is 16.3. The summed E-state index contributed by atoms with van der Waals surface area (Å²) in [7, 11) is 0. The molecule has 0 saturated heterocycles. The number of aryl methyl sites for hydroxylation is 2. The largest absolute Gasteiger partial charge is 0.324 e. The van der Waals surface area contributed by atoms with E-state index in [2.05, 4.69) is 30.9 Å². The zero-order chi connectivity index (χ0) is 20.1. The molecule has 3 aromatic carbocycles. The second-order valence-corrected chi connectivity index (χ2v) is 6.68. The van der Waals surface area contributed by atoms with Crippen LogP contribution in [0.15, 0.2) is 78.9 Å². The minimum Gasteiger partial charge on any atom is -0.324 e. The molecule has 1 heterocycles. The molecular weight excluding hydrogens is 360 g/mol. The number of nitrogens with one attached hydrogen (secondary N) is 3. The highest BCUT2D eigenvalue weighted by atomic mass is 15.3. The van der Waals surface area contributed by atoms with Crippen molar-refractivity contribution in [3.63, 3.8) is 0 Å². The molecule has 0 amide bonds. The van der Waals surface area contributed by atoms with Crippen LogP contribution in [0, 0.1) is 13.8 Å². The van der Waals surface area contributed by atoms with Crippen molar-refractivity contribution in [2.24, 2.45) is 0 Å². The molecule has 0 bridgehead atoms. The van der Waals surface area contributed by atoms with Crippen molar-refractivity contribution >= 4 is 34.9 Å². The molecule has 0 aliphatic rings. The fourth-order valence-electron chi connectivity index (χ4n) is 2.86. The maximum Gasteiger partial charge on any atom is 0.233 e. The lowest BCUT2D eigenvalue weighted by molar-refractivity contribution is 1.06. The predicted molar refractivity (Wildman–Crippen MR) is 118 cm³/mol. The van der Waals surface area contributed by atoms with Crippen LogP contribution in [0.25, 0.3) is 0 Å². The highest BCUT2D eigenvalue weighted by Crippen LogP contribution is 2.23. The van der Waals surface area contributed by atoms with E-state index in [0.717, 1.165) is 28.2 Å². The molecule has 1 aromatic heterocycles. The predicted octanol–water partition coefficient (Wildman–Crippen LogP) is 5.72. The van der Waals surface area contributed by atoms with E-state index in [1.807, 2.05) is 92.7 Å². The van der Waals surface area contributed by atoms with Gasteiger partial charge in [-0.05, 0) is 49.2 Å². The quantitative estimate of drug-likeness (QED) is 0.396. The Morgan fingerprint density at radius 3 is 1.38 bits per heavy atom. The van der Waals surface area contributed by atoms with Crippen LogP contribution in [0.5, 0.6) is 0 Å². The molecule has 0 saturated carbocycles. The first kappa shape index (κ1) is 18.4. The van der Waals surface area contributed by atoms with Gasteiger partial charge in [0.1, 0.15) is 0 Å². The van der Waals surface area contributed by atoms with Crippen molar-refractivity contribution in [3.8, 4) is 0 Å². The summed E-state index contributed by atoms with van der Waals surface area (Å²) in [6, 6.07) is 25.9. The lowest BCUT2D eigenvalue weighted by atomic mass is 10.2. The summed E-state index contributed by atoms with van der Waals surface area (Å²) in [4.78, 5) is 13.7. The lowest BCUT2D eigenvalue weighted by Gasteiger charge is -2.13. The van der Waals surface area contributed by atoms with Gasteiger partial charge in [0, 0.05) is 17.1 Å². The zero-order valence-corrected chi connectivity index (χ0v) is 16.3. The third-order valence-corrected chi connectivity index (χ3v) is 4.45. The number of rotatable bonds is 6.